The number of hydrogen-bond acceptors (Lipinski definition) is 6. The Morgan fingerprint density at radius 1 is 1.20 bits per heavy atom. The van der Waals surface area contributed by atoms with Crippen molar-refractivity contribution in [3.05, 3.63) is 29.5 Å². The molecule has 0 unspecified atom stereocenters. The average molecular weight is 274 g/mol. The first-order valence-electron chi connectivity index (χ1n) is 6.19. The number of hydrogen-bond donors (Lipinski definition) is 4. The highest BCUT2D eigenvalue weighted by molar-refractivity contribution is 5.85. The highest BCUT2D eigenvalue weighted by Gasteiger charge is 2.23. The summed E-state index contributed by atoms with van der Waals surface area (Å²) in [5, 5.41) is 35.0. The summed E-state index contributed by atoms with van der Waals surface area (Å²) in [7, 11) is 0. The van der Waals surface area contributed by atoms with E-state index in [2.05, 4.69) is 20.2 Å². The quantitative estimate of drug-likeness (QED) is 0.542. The van der Waals surface area contributed by atoms with Crippen LogP contribution in [0.25, 0.3) is 22.2 Å². The molecule has 1 aromatic carbocycles. The van der Waals surface area contributed by atoms with Crippen molar-refractivity contribution < 1.29 is 15.3 Å². The number of aliphatic hydroxyl groups is 3. The largest absolute Gasteiger partial charge is 0.394 e. The Hall–Kier alpha value is -2.09. The molecule has 0 saturated heterocycles. The molecule has 104 valence electrons. The van der Waals surface area contributed by atoms with Crippen molar-refractivity contribution in [2.24, 2.45) is 0 Å². The molecule has 0 aliphatic rings. The van der Waals surface area contributed by atoms with Crippen LogP contribution in [-0.4, -0.2) is 48.2 Å². The lowest BCUT2D eigenvalue weighted by Crippen LogP contribution is -2.22. The zero-order chi connectivity index (χ0) is 14.3. The minimum absolute atomic E-state index is 0.247. The molecule has 0 amide bonds. The van der Waals surface area contributed by atoms with Crippen molar-refractivity contribution in [1.29, 1.82) is 0 Å². The molecule has 3 aromatic rings. The lowest BCUT2D eigenvalue weighted by atomic mass is 10.1. The molecule has 0 aliphatic heterocycles. The first kappa shape index (κ1) is 12.9. The number of nitrogens with zero attached hydrogens (tertiary/aromatic N) is 3. The number of aryl methyl sites for hydroxylation is 1. The predicted molar refractivity (Wildman–Crippen MR) is 72.0 cm³/mol. The predicted octanol–water partition coefficient (Wildman–Crippen LogP) is 0.201. The fraction of sp³-hybridized carbons (Fsp3) is 0.308. The number of nitrogens with one attached hydrogen (secondary N) is 1. The van der Waals surface area contributed by atoms with Crippen LogP contribution < -0.4 is 0 Å². The molecular formula is C13H14N4O3. The van der Waals surface area contributed by atoms with Gasteiger partial charge in [0.15, 0.2) is 0 Å². The fourth-order valence-corrected chi connectivity index (χ4v) is 2.08. The number of rotatable bonds is 3. The molecule has 0 saturated carbocycles. The maximum Gasteiger partial charge on any atom is 0.200 e. The van der Waals surface area contributed by atoms with Gasteiger partial charge in [-0.2, -0.15) is 5.10 Å². The summed E-state index contributed by atoms with van der Waals surface area (Å²) in [6.07, 6.45) is -2.59. The lowest BCUT2D eigenvalue weighted by Gasteiger charge is -2.13. The summed E-state index contributed by atoms with van der Waals surface area (Å²) >= 11 is 0. The van der Waals surface area contributed by atoms with Crippen LogP contribution in [0.3, 0.4) is 0 Å². The van der Waals surface area contributed by atoms with Gasteiger partial charge < -0.3 is 15.3 Å². The van der Waals surface area contributed by atoms with Crippen molar-refractivity contribution in [2.45, 2.75) is 19.1 Å². The third-order valence-electron chi connectivity index (χ3n) is 3.19. The van der Waals surface area contributed by atoms with Crippen LogP contribution in [-0.2, 0) is 0 Å². The highest BCUT2D eigenvalue weighted by Crippen LogP contribution is 2.23. The van der Waals surface area contributed by atoms with Crippen molar-refractivity contribution in [3.63, 3.8) is 0 Å². The van der Waals surface area contributed by atoms with Gasteiger partial charge in [-0.15, -0.1) is 0 Å². The Balaban J connectivity index is 2.19. The van der Waals surface area contributed by atoms with Crippen LogP contribution in [0.4, 0.5) is 0 Å². The Kier molecular flexibility index (Phi) is 3.09. The van der Waals surface area contributed by atoms with Crippen molar-refractivity contribution in [2.75, 3.05) is 6.61 Å². The topological polar surface area (TPSA) is 115 Å². The van der Waals surface area contributed by atoms with Crippen LogP contribution in [0.2, 0.25) is 0 Å². The molecule has 2 atom stereocenters. The second-order valence-electron chi connectivity index (χ2n) is 4.72. The van der Waals surface area contributed by atoms with Crippen molar-refractivity contribution >= 4 is 22.2 Å². The number of benzene rings is 1. The average Bonchev–Trinajstić information content (AvgIpc) is 2.85. The molecule has 7 heteroatoms. The van der Waals surface area contributed by atoms with Crippen LogP contribution >= 0.6 is 0 Å². The zero-order valence-electron chi connectivity index (χ0n) is 10.8. The number of H-pyrrole nitrogens is 1. The van der Waals surface area contributed by atoms with Crippen molar-refractivity contribution in [1.82, 2.24) is 20.2 Å². The number of aliphatic hydroxyl groups excluding tert-OH is 3. The van der Waals surface area contributed by atoms with Gasteiger partial charge in [0.2, 0.25) is 5.65 Å². The standard InChI is InChI=1S/C13H14N4O3/c1-6-2-3-7-8(4-6)15-13-11(14-7)10(16-17-13)12(20)9(19)5-18/h2-4,9,12,18-20H,5H2,1H3,(H,15,16,17)/t9-,12-/m1/s1. The third-order valence-corrected chi connectivity index (χ3v) is 3.19. The molecule has 20 heavy (non-hydrogen) atoms. The zero-order valence-corrected chi connectivity index (χ0v) is 10.8. The van der Waals surface area contributed by atoms with Crippen LogP contribution in [0.5, 0.6) is 0 Å². The first-order chi connectivity index (χ1) is 9.60. The van der Waals surface area contributed by atoms with E-state index >= 15 is 0 Å². The van der Waals surface area contributed by atoms with Gasteiger partial charge >= 0.3 is 0 Å². The maximum absolute atomic E-state index is 9.94. The lowest BCUT2D eigenvalue weighted by molar-refractivity contribution is -0.0167. The van der Waals surface area contributed by atoms with Gasteiger partial charge in [0.1, 0.15) is 17.7 Å². The van der Waals surface area contributed by atoms with Gasteiger partial charge in [0.25, 0.3) is 0 Å². The van der Waals surface area contributed by atoms with Crippen molar-refractivity contribution in [3.8, 4) is 0 Å². The SMILES string of the molecule is Cc1ccc2nc3c([C@H](O)[C@H](O)CO)[nH]nc3nc2c1. The summed E-state index contributed by atoms with van der Waals surface area (Å²) in [4.78, 5) is 8.77. The minimum Gasteiger partial charge on any atom is -0.394 e. The molecular weight excluding hydrogens is 260 g/mol. The van der Waals surface area contributed by atoms with E-state index in [0.717, 1.165) is 5.56 Å². The van der Waals surface area contributed by atoms with Crippen LogP contribution in [0.1, 0.15) is 17.4 Å². The summed E-state index contributed by atoms with van der Waals surface area (Å²) < 4.78 is 0. The Bertz CT molecular complexity index is 771. The Morgan fingerprint density at radius 3 is 2.75 bits per heavy atom. The highest BCUT2D eigenvalue weighted by atomic mass is 16.4. The van der Waals surface area contributed by atoms with Gasteiger partial charge in [-0.1, -0.05) is 6.07 Å². The third kappa shape index (κ3) is 2.01. The molecule has 3 rings (SSSR count). The van der Waals surface area contributed by atoms with E-state index < -0.39 is 18.8 Å². The molecule has 0 bridgehead atoms. The number of aromatic amines is 1. The second kappa shape index (κ2) is 4.78. The molecule has 0 radical (unpaired) electrons. The van der Waals surface area contributed by atoms with Gasteiger partial charge in [-0.25, -0.2) is 9.97 Å². The van der Waals surface area contributed by atoms with Gasteiger partial charge in [-0.3, -0.25) is 5.10 Å². The molecule has 2 aromatic heterocycles. The fourth-order valence-electron chi connectivity index (χ4n) is 2.08. The normalized spacial score (nSPS) is 14.8. The van der Waals surface area contributed by atoms with E-state index in [1.807, 2.05) is 25.1 Å². The molecule has 7 nitrogen and oxygen atoms in total. The van der Waals surface area contributed by atoms with Gasteiger partial charge in [0.05, 0.1) is 23.3 Å². The number of fused-ring (bicyclic) bond motifs is 2. The van der Waals surface area contributed by atoms with E-state index in [1.165, 1.54) is 0 Å². The smallest absolute Gasteiger partial charge is 0.200 e. The van der Waals surface area contributed by atoms with Crippen LogP contribution in [0, 0.1) is 6.92 Å². The summed E-state index contributed by atoms with van der Waals surface area (Å²) in [5.74, 6) is 0. The number of aromatic nitrogens is 4. The van der Waals surface area contributed by atoms with E-state index in [1.54, 1.807) is 0 Å². The monoisotopic (exact) mass is 274 g/mol. The van der Waals surface area contributed by atoms with Gasteiger partial charge in [0, 0.05) is 0 Å². The summed E-state index contributed by atoms with van der Waals surface area (Å²) in [6, 6.07) is 5.65. The first-order valence-corrected chi connectivity index (χ1v) is 6.19. The van der Waals surface area contributed by atoms with Crippen LogP contribution in [0.15, 0.2) is 18.2 Å². The maximum atomic E-state index is 9.94. The second-order valence-corrected chi connectivity index (χ2v) is 4.72. The van der Waals surface area contributed by atoms with Gasteiger partial charge in [-0.05, 0) is 24.6 Å². The summed E-state index contributed by atoms with van der Waals surface area (Å²) in [5.41, 5.74) is 3.46. The molecule has 4 N–H and O–H groups in total. The molecule has 0 spiro atoms. The van der Waals surface area contributed by atoms with E-state index in [9.17, 15) is 10.2 Å². The Morgan fingerprint density at radius 2 is 2.00 bits per heavy atom. The Labute approximate surface area is 113 Å². The molecule has 0 fully saturated rings. The molecule has 0 aliphatic carbocycles. The minimum atomic E-state index is -1.30. The molecule has 2 heterocycles. The van der Waals surface area contributed by atoms with E-state index in [4.69, 9.17) is 5.11 Å². The van der Waals surface area contributed by atoms with E-state index in [-0.39, 0.29) is 5.69 Å². The summed E-state index contributed by atoms with van der Waals surface area (Å²) in [6.45, 7) is 1.41. The van der Waals surface area contributed by atoms with E-state index in [0.29, 0.717) is 22.2 Å².